The number of aryl methyl sites for hydroxylation is 2. The largest absolute Gasteiger partial charge is 0.461 e. The van der Waals surface area contributed by atoms with Crippen LogP contribution in [0.3, 0.4) is 0 Å². The van der Waals surface area contributed by atoms with Crippen molar-refractivity contribution in [2.45, 2.75) is 96.3 Å². The van der Waals surface area contributed by atoms with E-state index in [1.165, 1.54) is 11.1 Å². The van der Waals surface area contributed by atoms with Crippen LogP contribution in [-0.4, -0.2) is 41.3 Å². The highest BCUT2D eigenvalue weighted by Crippen LogP contribution is 2.23. The first-order valence-corrected chi connectivity index (χ1v) is 13.1. The molecule has 1 saturated heterocycles. The first-order chi connectivity index (χ1) is 16.8. The Labute approximate surface area is 210 Å². The molecule has 0 bridgehead atoms. The van der Waals surface area contributed by atoms with Crippen LogP contribution < -0.4 is 0 Å². The van der Waals surface area contributed by atoms with Crippen LogP contribution in [0.4, 0.5) is 4.79 Å². The minimum Gasteiger partial charge on any atom is -0.461 e. The average Bonchev–Trinajstić information content (AvgIpc) is 2.84. The van der Waals surface area contributed by atoms with Crippen molar-refractivity contribution in [3.05, 3.63) is 71.8 Å². The van der Waals surface area contributed by atoms with Crippen molar-refractivity contribution < 1.29 is 19.1 Å². The minimum atomic E-state index is -0.597. The van der Waals surface area contributed by atoms with Gasteiger partial charge in [-0.15, -0.1) is 0 Å². The summed E-state index contributed by atoms with van der Waals surface area (Å²) in [5.41, 5.74) is 2.00. The maximum Gasteiger partial charge on any atom is 0.411 e. The van der Waals surface area contributed by atoms with Gasteiger partial charge in [0.25, 0.3) is 0 Å². The molecule has 1 heterocycles. The number of piperidine rings is 1. The molecule has 0 N–H and O–H groups in total. The fourth-order valence-corrected chi connectivity index (χ4v) is 4.58. The summed E-state index contributed by atoms with van der Waals surface area (Å²) in [6.45, 7) is 6.06. The van der Waals surface area contributed by atoms with Crippen molar-refractivity contribution in [3.63, 3.8) is 0 Å². The van der Waals surface area contributed by atoms with Crippen LogP contribution in [0.15, 0.2) is 60.7 Å². The molecule has 2 aromatic carbocycles. The molecule has 0 unspecified atom stereocenters. The Morgan fingerprint density at radius 1 is 0.886 bits per heavy atom. The molecule has 0 aliphatic carbocycles. The van der Waals surface area contributed by atoms with Gasteiger partial charge in [-0.3, -0.25) is 4.90 Å². The highest BCUT2D eigenvalue weighted by molar-refractivity contribution is 5.82. The Hall–Kier alpha value is -2.82. The zero-order valence-electron chi connectivity index (χ0n) is 21.6. The first kappa shape index (κ1) is 26.8. The fourth-order valence-electron chi connectivity index (χ4n) is 4.58. The second kappa shape index (κ2) is 13.3. The highest BCUT2D eigenvalue weighted by atomic mass is 16.6. The molecule has 0 aromatic heterocycles. The van der Waals surface area contributed by atoms with E-state index in [1.807, 2.05) is 32.9 Å². The van der Waals surface area contributed by atoms with Crippen LogP contribution in [0.2, 0.25) is 0 Å². The van der Waals surface area contributed by atoms with E-state index in [0.717, 1.165) is 51.4 Å². The zero-order valence-corrected chi connectivity index (χ0v) is 21.6. The summed E-state index contributed by atoms with van der Waals surface area (Å²) < 4.78 is 11.7. The third-order valence-electron chi connectivity index (χ3n) is 6.35. The van der Waals surface area contributed by atoms with Gasteiger partial charge in [0, 0.05) is 6.54 Å². The number of likely N-dealkylation sites (tertiary alicyclic amines) is 1. The smallest absolute Gasteiger partial charge is 0.411 e. The molecule has 5 nitrogen and oxygen atoms in total. The quantitative estimate of drug-likeness (QED) is 0.354. The van der Waals surface area contributed by atoms with E-state index in [-0.39, 0.29) is 12.1 Å². The number of ether oxygens (including phenoxy) is 2. The van der Waals surface area contributed by atoms with E-state index in [4.69, 9.17) is 9.47 Å². The number of carbonyl (C=O) groups excluding carboxylic acids is 2. The normalized spacial score (nSPS) is 16.2. The molecule has 1 atom stereocenters. The number of carbonyl (C=O) groups is 2. The van der Waals surface area contributed by atoms with Gasteiger partial charge in [0.2, 0.25) is 0 Å². The van der Waals surface area contributed by atoms with Crippen molar-refractivity contribution >= 4 is 12.1 Å². The van der Waals surface area contributed by atoms with Crippen LogP contribution in [-0.2, 0) is 27.1 Å². The van der Waals surface area contributed by atoms with Crippen LogP contribution in [0.5, 0.6) is 0 Å². The first-order valence-electron chi connectivity index (χ1n) is 13.1. The zero-order chi connectivity index (χ0) is 25.1. The summed E-state index contributed by atoms with van der Waals surface area (Å²) in [5.74, 6) is -0.292. The molecule has 35 heavy (non-hydrogen) atoms. The van der Waals surface area contributed by atoms with Crippen molar-refractivity contribution in [2.75, 3.05) is 6.54 Å². The summed E-state index contributed by atoms with van der Waals surface area (Å²) in [7, 11) is 0. The number of hydrogen-bond donors (Lipinski definition) is 0. The van der Waals surface area contributed by atoms with Gasteiger partial charge >= 0.3 is 12.1 Å². The molecule has 1 amide bonds. The molecular formula is C30H41NO4. The van der Waals surface area contributed by atoms with Crippen molar-refractivity contribution in [2.24, 2.45) is 0 Å². The lowest BCUT2D eigenvalue weighted by molar-refractivity contribution is -0.157. The Kier molecular flexibility index (Phi) is 10.2. The van der Waals surface area contributed by atoms with Gasteiger partial charge in [-0.1, -0.05) is 60.7 Å². The van der Waals surface area contributed by atoms with Gasteiger partial charge in [0.15, 0.2) is 0 Å². The minimum absolute atomic E-state index is 0.155. The van der Waals surface area contributed by atoms with E-state index in [1.54, 1.807) is 4.90 Å². The monoisotopic (exact) mass is 479 g/mol. The van der Waals surface area contributed by atoms with Gasteiger partial charge in [-0.2, -0.15) is 0 Å². The summed E-state index contributed by atoms with van der Waals surface area (Å²) in [6, 6.07) is 20.3. The van der Waals surface area contributed by atoms with E-state index in [2.05, 4.69) is 48.5 Å². The lowest BCUT2D eigenvalue weighted by atomic mass is 10.00. The number of hydrogen-bond acceptors (Lipinski definition) is 4. The molecule has 3 rings (SSSR count). The standard InChI is InChI=1S/C30H41NO4/c1-30(2,3)35-29(33)31-23-11-10-22-27(31)28(32)34-26(20-12-18-24-14-6-4-7-15-24)21-13-19-25-16-8-5-9-17-25/h4-9,14-17,26-27H,10-13,18-23H2,1-3H3/t27-/m0/s1. The molecule has 0 spiro atoms. The van der Waals surface area contributed by atoms with Crippen LogP contribution in [0.1, 0.15) is 76.8 Å². The summed E-state index contributed by atoms with van der Waals surface area (Å²) in [4.78, 5) is 27.6. The fraction of sp³-hybridized carbons (Fsp3) is 0.533. The highest BCUT2D eigenvalue weighted by Gasteiger charge is 2.36. The van der Waals surface area contributed by atoms with Gasteiger partial charge < -0.3 is 9.47 Å². The maximum atomic E-state index is 13.3. The topological polar surface area (TPSA) is 55.8 Å². The summed E-state index contributed by atoms with van der Waals surface area (Å²) >= 11 is 0. The second-order valence-corrected chi connectivity index (χ2v) is 10.5. The Bertz CT molecular complexity index is 861. The predicted molar refractivity (Wildman–Crippen MR) is 139 cm³/mol. The maximum absolute atomic E-state index is 13.3. The lowest BCUT2D eigenvalue weighted by Crippen LogP contribution is -2.50. The van der Waals surface area contributed by atoms with E-state index in [0.29, 0.717) is 13.0 Å². The number of benzene rings is 2. The Balaban J connectivity index is 1.60. The molecule has 1 fully saturated rings. The van der Waals surface area contributed by atoms with Gasteiger partial charge in [-0.05, 0) is 89.7 Å². The van der Waals surface area contributed by atoms with Crippen molar-refractivity contribution in [1.29, 1.82) is 0 Å². The van der Waals surface area contributed by atoms with E-state index in [9.17, 15) is 9.59 Å². The molecule has 1 aliphatic rings. The number of amides is 1. The van der Waals surface area contributed by atoms with Crippen LogP contribution in [0, 0.1) is 0 Å². The lowest BCUT2D eigenvalue weighted by Gasteiger charge is -2.36. The number of rotatable bonds is 10. The molecule has 190 valence electrons. The molecule has 0 saturated carbocycles. The van der Waals surface area contributed by atoms with Crippen molar-refractivity contribution in [1.82, 2.24) is 4.90 Å². The van der Waals surface area contributed by atoms with E-state index >= 15 is 0 Å². The summed E-state index contributed by atoms with van der Waals surface area (Å²) in [6.07, 6.45) is 7.28. The Morgan fingerprint density at radius 2 is 1.43 bits per heavy atom. The second-order valence-electron chi connectivity index (χ2n) is 10.5. The number of nitrogens with zero attached hydrogens (tertiary/aromatic N) is 1. The predicted octanol–water partition coefficient (Wildman–Crippen LogP) is 6.73. The molecule has 5 heteroatoms. The van der Waals surface area contributed by atoms with Gasteiger partial charge in [-0.25, -0.2) is 9.59 Å². The Morgan fingerprint density at radius 3 is 1.94 bits per heavy atom. The molecule has 0 radical (unpaired) electrons. The van der Waals surface area contributed by atoms with E-state index < -0.39 is 17.7 Å². The van der Waals surface area contributed by atoms with Gasteiger partial charge in [0.1, 0.15) is 17.7 Å². The molecule has 1 aliphatic heterocycles. The molecule has 2 aromatic rings. The average molecular weight is 480 g/mol. The van der Waals surface area contributed by atoms with Crippen LogP contribution >= 0.6 is 0 Å². The molecular weight excluding hydrogens is 438 g/mol. The SMILES string of the molecule is CC(C)(C)OC(=O)N1CCCC[C@H]1C(=O)OC(CCCc1ccccc1)CCCc1ccccc1. The van der Waals surface area contributed by atoms with Crippen molar-refractivity contribution in [3.8, 4) is 0 Å². The van der Waals surface area contributed by atoms with Crippen LogP contribution in [0.25, 0.3) is 0 Å². The third-order valence-corrected chi connectivity index (χ3v) is 6.35. The third kappa shape index (κ3) is 9.39. The number of esters is 1. The summed E-state index contributed by atoms with van der Waals surface area (Å²) in [5, 5.41) is 0. The van der Waals surface area contributed by atoms with Gasteiger partial charge in [0.05, 0.1) is 0 Å².